The third-order valence-electron chi connectivity index (χ3n) is 2.94. The van der Waals surface area contributed by atoms with Crippen molar-refractivity contribution in [1.82, 2.24) is 19.5 Å². The van der Waals surface area contributed by atoms with Crippen molar-refractivity contribution in [3.8, 4) is 0 Å². The van der Waals surface area contributed by atoms with Gasteiger partial charge in [-0.1, -0.05) is 13.8 Å². The molecule has 21 heavy (non-hydrogen) atoms. The number of anilines is 1. The Bertz CT molecular complexity index is 555. The molecule has 0 aliphatic carbocycles. The van der Waals surface area contributed by atoms with Crippen molar-refractivity contribution in [2.45, 2.75) is 26.8 Å². The number of fused-ring (bicyclic) bond motifs is 1. The van der Waals surface area contributed by atoms with Gasteiger partial charge >= 0.3 is 0 Å². The lowest BCUT2D eigenvalue weighted by Gasteiger charge is -2.08. The number of nitrogens with zero attached hydrogens (tertiary/aromatic N) is 4. The fraction of sp³-hybridized carbons (Fsp3) is 0.643. The minimum atomic E-state index is 0.414. The van der Waals surface area contributed by atoms with E-state index >= 15 is 0 Å². The number of aryl methyl sites for hydroxylation is 1. The van der Waals surface area contributed by atoms with E-state index in [-0.39, 0.29) is 0 Å². The summed E-state index contributed by atoms with van der Waals surface area (Å²) in [4.78, 5) is 12.4. The summed E-state index contributed by atoms with van der Waals surface area (Å²) in [6, 6.07) is 0. The molecule has 2 N–H and O–H groups in total. The van der Waals surface area contributed by atoms with E-state index in [0.29, 0.717) is 37.1 Å². The SMILES string of the molecule is CC(C)COCCOCCCn1cnc2c(N)ncnc21. The fourth-order valence-corrected chi connectivity index (χ4v) is 1.94. The molecule has 0 saturated heterocycles. The number of aromatic nitrogens is 4. The van der Waals surface area contributed by atoms with Gasteiger partial charge in [-0.05, 0) is 12.3 Å². The van der Waals surface area contributed by atoms with Crippen LogP contribution in [-0.2, 0) is 16.0 Å². The van der Waals surface area contributed by atoms with Crippen LogP contribution in [0.1, 0.15) is 20.3 Å². The molecule has 0 unspecified atom stereocenters. The average Bonchev–Trinajstić information content (AvgIpc) is 2.86. The normalized spacial score (nSPS) is 11.6. The molecule has 2 heterocycles. The smallest absolute Gasteiger partial charge is 0.165 e. The van der Waals surface area contributed by atoms with Crippen molar-refractivity contribution in [2.24, 2.45) is 5.92 Å². The average molecular weight is 293 g/mol. The van der Waals surface area contributed by atoms with Gasteiger partial charge < -0.3 is 19.8 Å². The van der Waals surface area contributed by atoms with Gasteiger partial charge in [0.25, 0.3) is 0 Å². The van der Waals surface area contributed by atoms with E-state index in [1.807, 2.05) is 4.57 Å². The van der Waals surface area contributed by atoms with Crippen LogP contribution in [0.3, 0.4) is 0 Å². The van der Waals surface area contributed by atoms with Gasteiger partial charge in [0.05, 0.1) is 19.5 Å². The zero-order valence-electron chi connectivity index (χ0n) is 12.7. The number of hydrogen-bond acceptors (Lipinski definition) is 6. The van der Waals surface area contributed by atoms with E-state index in [1.165, 1.54) is 6.33 Å². The third-order valence-corrected chi connectivity index (χ3v) is 2.94. The molecule has 0 atom stereocenters. The summed E-state index contributed by atoms with van der Waals surface area (Å²) >= 11 is 0. The third kappa shape index (κ3) is 4.64. The van der Waals surface area contributed by atoms with Gasteiger partial charge in [-0.25, -0.2) is 15.0 Å². The largest absolute Gasteiger partial charge is 0.382 e. The van der Waals surface area contributed by atoms with Gasteiger partial charge in [0.1, 0.15) is 11.8 Å². The summed E-state index contributed by atoms with van der Waals surface area (Å²) < 4.78 is 12.9. The number of nitrogen functional groups attached to an aromatic ring is 1. The molecular formula is C14H23N5O2. The van der Waals surface area contributed by atoms with E-state index in [2.05, 4.69) is 28.8 Å². The Morgan fingerprint density at radius 1 is 1.14 bits per heavy atom. The Balaban J connectivity index is 1.65. The molecule has 7 nitrogen and oxygen atoms in total. The lowest BCUT2D eigenvalue weighted by molar-refractivity contribution is 0.0363. The number of nitrogens with two attached hydrogens (primary N) is 1. The summed E-state index contributed by atoms with van der Waals surface area (Å²) in [6.45, 7) is 7.80. The molecule has 0 amide bonds. The van der Waals surface area contributed by atoms with Crippen LogP contribution < -0.4 is 5.73 Å². The molecule has 0 aromatic carbocycles. The minimum Gasteiger partial charge on any atom is -0.382 e. The Kier molecular flexibility index (Phi) is 5.89. The molecule has 0 radical (unpaired) electrons. The summed E-state index contributed by atoms with van der Waals surface area (Å²) in [5.74, 6) is 0.978. The van der Waals surface area contributed by atoms with Gasteiger partial charge in [-0.2, -0.15) is 0 Å². The van der Waals surface area contributed by atoms with E-state index in [9.17, 15) is 0 Å². The zero-order chi connectivity index (χ0) is 15.1. The summed E-state index contributed by atoms with van der Waals surface area (Å²) in [6.07, 6.45) is 4.08. The first kappa shape index (κ1) is 15.7. The number of hydrogen-bond donors (Lipinski definition) is 1. The van der Waals surface area contributed by atoms with Crippen LogP contribution in [0.2, 0.25) is 0 Å². The second-order valence-corrected chi connectivity index (χ2v) is 5.30. The van der Waals surface area contributed by atoms with Crippen LogP contribution in [0.4, 0.5) is 5.82 Å². The highest BCUT2D eigenvalue weighted by molar-refractivity contribution is 5.80. The summed E-state index contributed by atoms with van der Waals surface area (Å²) in [5.41, 5.74) is 7.17. The standard InChI is InChI=1S/C14H23N5O2/c1-11(2)8-21-7-6-20-5-3-4-19-10-18-12-13(15)16-9-17-14(12)19/h9-11H,3-8H2,1-2H3,(H2,15,16,17). The van der Waals surface area contributed by atoms with E-state index in [0.717, 1.165) is 25.2 Å². The van der Waals surface area contributed by atoms with Gasteiger partial charge in [-0.15, -0.1) is 0 Å². The number of ether oxygens (including phenoxy) is 2. The fourth-order valence-electron chi connectivity index (χ4n) is 1.94. The topological polar surface area (TPSA) is 88.1 Å². The van der Waals surface area contributed by atoms with Crippen molar-refractivity contribution < 1.29 is 9.47 Å². The maximum Gasteiger partial charge on any atom is 0.165 e. The molecule has 2 aromatic rings. The van der Waals surface area contributed by atoms with E-state index in [4.69, 9.17) is 15.2 Å². The van der Waals surface area contributed by atoms with Crippen LogP contribution in [0.5, 0.6) is 0 Å². The Labute approximate surface area is 124 Å². The van der Waals surface area contributed by atoms with E-state index in [1.54, 1.807) is 6.33 Å². The molecule has 7 heteroatoms. The molecule has 0 aliphatic heterocycles. The van der Waals surface area contributed by atoms with Crippen LogP contribution in [-0.4, -0.2) is 45.9 Å². The first-order valence-electron chi connectivity index (χ1n) is 7.25. The van der Waals surface area contributed by atoms with Crippen LogP contribution >= 0.6 is 0 Å². The molecular weight excluding hydrogens is 270 g/mol. The Morgan fingerprint density at radius 2 is 1.95 bits per heavy atom. The van der Waals surface area contributed by atoms with Crippen molar-refractivity contribution in [2.75, 3.05) is 32.2 Å². The second-order valence-electron chi connectivity index (χ2n) is 5.30. The maximum atomic E-state index is 5.75. The van der Waals surface area contributed by atoms with Crippen molar-refractivity contribution >= 4 is 17.0 Å². The molecule has 2 rings (SSSR count). The van der Waals surface area contributed by atoms with Crippen LogP contribution in [0.15, 0.2) is 12.7 Å². The van der Waals surface area contributed by atoms with Crippen LogP contribution in [0.25, 0.3) is 11.2 Å². The summed E-state index contributed by atoms with van der Waals surface area (Å²) in [5, 5.41) is 0. The number of imidazole rings is 1. The highest BCUT2D eigenvalue weighted by atomic mass is 16.5. The molecule has 0 spiro atoms. The predicted molar refractivity (Wildman–Crippen MR) is 80.8 cm³/mol. The quantitative estimate of drug-likeness (QED) is 0.705. The molecule has 0 aliphatic rings. The van der Waals surface area contributed by atoms with Crippen molar-refractivity contribution in [3.63, 3.8) is 0 Å². The Hall–Kier alpha value is -1.73. The first-order chi connectivity index (χ1) is 10.2. The van der Waals surface area contributed by atoms with Crippen molar-refractivity contribution in [3.05, 3.63) is 12.7 Å². The molecule has 116 valence electrons. The van der Waals surface area contributed by atoms with Crippen LogP contribution in [0, 0.1) is 5.92 Å². The van der Waals surface area contributed by atoms with Gasteiger partial charge in [-0.3, -0.25) is 0 Å². The summed E-state index contributed by atoms with van der Waals surface area (Å²) in [7, 11) is 0. The van der Waals surface area contributed by atoms with Gasteiger partial charge in [0.2, 0.25) is 0 Å². The minimum absolute atomic E-state index is 0.414. The molecule has 2 aromatic heterocycles. The molecule has 0 bridgehead atoms. The van der Waals surface area contributed by atoms with E-state index < -0.39 is 0 Å². The monoisotopic (exact) mass is 293 g/mol. The zero-order valence-corrected chi connectivity index (χ0v) is 12.7. The number of rotatable bonds is 9. The highest BCUT2D eigenvalue weighted by Gasteiger charge is 2.06. The van der Waals surface area contributed by atoms with Crippen molar-refractivity contribution in [1.29, 1.82) is 0 Å². The second kappa shape index (κ2) is 7.90. The molecule has 0 fully saturated rings. The van der Waals surface area contributed by atoms with Gasteiger partial charge in [0.15, 0.2) is 11.5 Å². The van der Waals surface area contributed by atoms with Gasteiger partial charge in [0, 0.05) is 19.8 Å². The highest BCUT2D eigenvalue weighted by Crippen LogP contribution is 2.14. The Morgan fingerprint density at radius 3 is 2.76 bits per heavy atom. The maximum absolute atomic E-state index is 5.75. The predicted octanol–water partition coefficient (Wildman–Crippen LogP) is 1.49. The lowest BCUT2D eigenvalue weighted by atomic mass is 10.2. The molecule has 0 saturated carbocycles. The lowest BCUT2D eigenvalue weighted by Crippen LogP contribution is -2.10. The first-order valence-corrected chi connectivity index (χ1v) is 7.25.